The van der Waals surface area contributed by atoms with Crippen molar-refractivity contribution >= 4 is 87.1 Å². The van der Waals surface area contributed by atoms with Crippen LogP contribution in [0.15, 0.2) is 72.2 Å². The highest BCUT2D eigenvalue weighted by molar-refractivity contribution is 7.13. The van der Waals surface area contributed by atoms with E-state index in [0.29, 0.717) is 68.2 Å². The Morgan fingerprint density at radius 2 is 1.73 bits per heavy atom. The van der Waals surface area contributed by atoms with Crippen LogP contribution < -0.4 is 25.6 Å². The van der Waals surface area contributed by atoms with Crippen LogP contribution in [0.3, 0.4) is 0 Å². The van der Waals surface area contributed by atoms with E-state index in [2.05, 4.69) is 30.7 Å². The molecule has 0 saturated carbocycles. The van der Waals surface area contributed by atoms with Crippen molar-refractivity contribution < 1.29 is 33.7 Å². The van der Waals surface area contributed by atoms with E-state index in [1.54, 1.807) is 34.4 Å². The van der Waals surface area contributed by atoms with E-state index in [9.17, 15) is 19.8 Å². The zero-order chi connectivity index (χ0) is 52.4. The van der Waals surface area contributed by atoms with Crippen molar-refractivity contribution in [3.63, 3.8) is 0 Å². The molecule has 10 rings (SSSR count). The minimum absolute atomic E-state index is 0. The monoisotopic (exact) mass is 1130 g/mol. The zero-order valence-electron chi connectivity index (χ0n) is 44.1. The average molecular weight is 1140 g/mol. The number of hydrogen-bond donors (Lipinski definition) is 5. The Labute approximate surface area is 471 Å². The third-order valence-corrected chi connectivity index (χ3v) is 16.6. The lowest BCUT2D eigenvalue weighted by molar-refractivity contribution is -0.142. The fraction of sp³-hybridized carbons (Fsp3) is 0.491. The largest absolute Gasteiger partial charge is 0.508 e. The molecule has 77 heavy (non-hydrogen) atoms. The van der Waals surface area contributed by atoms with Gasteiger partial charge in [0.1, 0.15) is 29.7 Å². The number of likely N-dealkylation sites (tertiary alicyclic amines) is 2. The van der Waals surface area contributed by atoms with Gasteiger partial charge in [-0.3, -0.25) is 14.5 Å². The number of phenolic OH excluding ortho intramolecular Hbond substituents is 1. The molecule has 4 aliphatic rings. The molecule has 0 spiro atoms. The Morgan fingerprint density at radius 3 is 2.47 bits per heavy atom. The molecule has 4 saturated heterocycles. The Balaban J connectivity index is 0.00000392. The van der Waals surface area contributed by atoms with Gasteiger partial charge in [0, 0.05) is 81.4 Å². The maximum atomic E-state index is 17.2. The Kier molecular flexibility index (Phi) is 19.2. The van der Waals surface area contributed by atoms with Gasteiger partial charge in [0.05, 0.1) is 33.3 Å². The van der Waals surface area contributed by atoms with Crippen molar-refractivity contribution in [2.45, 2.75) is 115 Å². The first-order chi connectivity index (χ1) is 36.2. The van der Waals surface area contributed by atoms with Crippen molar-refractivity contribution in [2.75, 3.05) is 64.0 Å². The van der Waals surface area contributed by atoms with Crippen LogP contribution in [0.25, 0.3) is 43.2 Å². The molecule has 2 aromatic heterocycles. The minimum Gasteiger partial charge on any atom is -0.508 e. The van der Waals surface area contributed by atoms with E-state index in [1.165, 1.54) is 0 Å². The standard InChI is InChI=1S/C57H69ClFN9O6S.2ClH/c1-34-51(75-33-62-34)36-15-13-35(14-16-36)28-61-54(71)47-26-42(70)31-68(47)55(72)52(57(2,3)4)60-19-8-22-73-23-9-21-66-20-7-11-40(66)32-74-56-64-50-45(53(65-56)67-29-38-17-18-39(30-67)63-38)27-46(58)48(49(50)59)44-25-41(69)24-37-10-5-6-12-43(37)44;;/h5-6,10,12-16,24-25,27,33,38-40,42,47,52,60,63,69-70H,7-9,11,17-23,26,28-32H2,1-4H3,(H,61,71);2*1H/t38-,39+,40-,42+,47-,52+;;/m0../s1. The quantitative estimate of drug-likeness (QED) is 0.0486. The summed E-state index contributed by atoms with van der Waals surface area (Å²) in [5, 5.41) is 33.8. The Bertz CT molecular complexity index is 3010. The average Bonchev–Trinajstić information content (AvgIpc) is 4.21. The highest BCUT2D eigenvalue weighted by Crippen LogP contribution is 2.43. The summed E-state index contributed by atoms with van der Waals surface area (Å²) < 4.78 is 29.7. The Hall–Kier alpha value is -4.95. The number of aromatic nitrogens is 3. The number of halogens is 4. The van der Waals surface area contributed by atoms with E-state index in [4.69, 9.17) is 31.0 Å². The number of amides is 2. The van der Waals surface area contributed by atoms with Gasteiger partial charge in [0.25, 0.3) is 0 Å². The first-order valence-electron chi connectivity index (χ1n) is 26.5. The van der Waals surface area contributed by atoms with E-state index in [1.807, 2.05) is 81.7 Å². The molecule has 6 atom stereocenters. The zero-order valence-corrected chi connectivity index (χ0v) is 47.3. The molecule has 4 aliphatic heterocycles. The van der Waals surface area contributed by atoms with E-state index in [0.717, 1.165) is 90.8 Å². The first-order valence-corrected chi connectivity index (χ1v) is 27.8. The summed E-state index contributed by atoms with van der Waals surface area (Å²) in [7, 11) is 0. The number of aliphatic hydroxyl groups excluding tert-OH is 1. The van der Waals surface area contributed by atoms with Crippen molar-refractivity contribution in [2.24, 2.45) is 5.41 Å². The molecule has 4 fully saturated rings. The number of piperazine rings is 1. The summed E-state index contributed by atoms with van der Waals surface area (Å²) in [5.74, 6) is -0.442. The number of nitrogens with zero attached hydrogens (tertiary/aromatic N) is 6. The smallest absolute Gasteiger partial charge is 0.319 e. The van der Waals surface area contributed by atoms with Gasteiger partial charge >= 0.3 is 6.01 Å². The number of phenols is 1. The molecule has 2 bridgehead atoms. The van der Waals surface area contributed by atoms with Crippen LogP contribution in [-0.4, -0.2) is 142 Å². The van der Waals surface area contributed by atoms with E-state index >= 15 is 4.39 Å². The fourth-order valence-corrected chi connectivity index (χ4v) is 12.6. The molecule has 15 nitrogen and oxygen atoms in total. The van der Waals surface area contributed by atoms with Crippen LogP contribution in [0, 0.1) is 18.2 Å². The molecular weight excluding hydrogens is 1060 g/mol. The van der Waals surface area contributed by atoms with Gasteiger partial charge in [-0.15, -0.1) is 36.2 Å². The van der Waals surface area contributed by atoms with Crippen LogP contribution in [-0.2, 0) is 20.9 Å². The molecule has 2 amide bonds. The van der Waals surface area contributed by atoms with Crippen molar-refractivity contribution in [3.05, 3.63) is 94.3 Å². The molecule has 414 valence electrons. The summed E-state index contributed by atoms with van der Waals surface area (Å²) in [6, 6.07) is 20.1. The number of β-amino-alcohol motifs (C(OH)–C–C–N with tert-alkyl or cyclic N) is 1. The lowest BCUT2D eigenvalue weighted by Gasteiger charge is -2.35. The molecule has 0 unspecified atom stereocenters. The number of nitrogens with one attached hydrogen (secondary N) is 3. The van der Waals surface area contributed by atoms with Crippen LogP contribution in [0.2, 0.25) is 5.02 Å². The van der Waals surface area contributed by atoms with E-state index < -0.39 is 29.4 Å². The Morgan fingerprint density at radius 1 is 0.974 bits per heavy atom. The molecule has 4 aromatic carbocycles. The highest BCUT2D eigenvalue weighted by atomic mass is 35.5. The van der Waals surface area contributed by atoms with Gasteiger partial charge in [-0.2, -0.15) is 9.97 Å². The van der Waals surface area contributed by atoms with Crippen LogP contribution in [0.5, 0.6) is 11.8 Å². The number of anilines is 1. The number of carbonyl (C=O) groups excluding carboxylic acids is 2. The third-order valence-electron chi connectivity index (χ3n) is 15.3. The number of hydrogen-bond acceptors (Lipinski definition) is 14. The van der Waals surface area contributed by atoms with Crippen molar-refractivity contribution in [1.82, 2.24) is 40.7 Å². The SMILES string of the molecule is Cc1ncsc1-c1ccc(CNC(=O)[C@@H]2C[C@@H](O)CN2C(=O)[C@@H](NCCCOCCCN2CCC[C@H]2COc2nc(N3C[C@H]4CC[C@@H](C3)N4)c3cc(Cl)c(-c4cc(O)cc5ccccc45)c(F)c3n2)C(C)(C)C)cc1.Cl.Cl. The number of aromatic hydroxyl groups is 1. The van der Waals surface area contributed by atoms with Crippen molar-refractivity contribution in [3.8, 4) is 33.3 Å². The number of benzene rings is 4. The van der Waals surface area contributed by atoms with Crippen LogP contribution in [0.1, 0.15) is 77.0 Å². The lowest BCUT2D eigenvalue weighted by atomic mass is 9.85. The number of aliphatic hydroxyl groups is 1. The van der Waals surface area contributed by atoms with E-state index in [-0.39, 0.29) is 83.5 Å². The van der Waals surface area contributed by atoms with Crippen LogP contribution in [0.4, 0.5) is 10.2 Å². The maximum Gasteiger partial charge on any atom is 0.319 e. The lowest BCUT2D eigenvalue weighted by Crippen LogP contribution is -2.56. The van der Waals surface area contributed by atoms with Gasteiger partial charge < -0.3 is 45.4 Å². The molecule has 6 aromatic rings. The number of aryl methyl sites for hydroxylation is 1. The summed E-state index contributed by atoms with van der Waals surface area (Å²) in [6.07, 6.45) is 5.04. The minimum atomic E-state index is -0.783. The molecule has 0 aliphatic carbocycles. The third kappa shape index (κ3) is 13.2. The predicted molar refractivity (Wildman–Crippen MR) is 307 cm³/mol. The van der Waals surface area contributed by atoms with Crippen molar-refractivity contribution in [1.29, 1.82) is 0 Å². The topological polar surface area (TPSA) is 178 Å². The summed E-state index contributed by atoms with van der Waals surface area (Å²) in [6.45, 7) is 13.6. The first kappa shape index (κ1) is 58.2. The second-order valence-corrected chi connectivity index (χ2v) is 23.1. The summed E-state index contributed by atoms with van der Waals surface area (Å²) in [4.78, 5) is 49.0. The molecule has 0 radical (unpaired) electrons. The predicted octanol–water partition coefficient (Wildman–Crippen LogP) is 9.09. The number of carbonyl (C=O) groups is 2. The second-order valence-electron chi connectivity index (χ2n) is 21.8. The van der Waals surface area contributed by atoms with Gasteiger partial charge in [-0.1, -0.05) is 80.9 Å². The van der Waals surface area contributed by atoms with Gasteiger partial charge in [0.2, 0.25) is 11.8 Å². The number of fused-ring (bicyclic) bond motifs is 4. The van der Waals surface area contributed by atoms with Crippen LogP contribution >= 0.6 is 47.8 Å². The van der Waals surface area contributed by atoms with Gasteiger partial charge in [-0.05, 0) is 110 Å². The normalized spacial score (nSPS) is 20.8. The summed E-state index contributed by atoms with van der Waals surface area (Å²) >= 11 is 8.58. The number of thiazole rings is 1. The molecule has 20 heteroatoms. The summed E-state index contributed by atoms with van der Waals surface area (Å²) in [5.41, 5.74) is 5.16. The van der Waals surface area contributed by atoms with Gasteiger partial charge in [-0.25, -0.2) is 9.37 Å². The second kappa shape index (κ2) is 25.4. The number of rotatable bonds is 19. The number of ether oxygens (including phenoxy) is 2. The van der Waals surface area contributed by atoms with Gasteiger partial charge in [0.15, 0.2) is 5.82 Å². The highest BCUT2D eigenvalue weighted by Gasteiger charge is 2.44. The molecule has 6 heterocycles. The molecule has 5 N–H and O–H groups in total. The maximum absolute atomic E-state index is 17.2. The molecular formula is C57H71Cl3FN9O6S. The fourth-order valence-electron chi connectivity index (χ4n) is 11.5.